The maximum Gasteiger partial charge on any atom is 0.365 e. The van der Waals surface area contributed by atoms with Gasteiger partial charge in [-0.3, -0.25) is 4.79 Å². The van der Waals surface area contributed by atoms with Gasteiger partial charge in [-0.2, -0.15) is 0 Å². The topological polar surface area (TPSA) is 55.7 Å². The molecule has 0 unspecified atom stereocenters. The molecule has 0 saturated heterocycles. The van der Waals surface area contributed by atoms with E-state index in [0.29, 0.717) is 16.8 Å². The van der Waals surface area contributed by atoms with E-state index in [1.807, 2.05) is 13.0 Å². The van der Waals surface area contributed by atoms with Gasteiger partial charge < -0.3 is 4.84 Å². The second kappa shape index (κ2) is 5.44. The van der Waals surface area contributed by atoms with E-state index in [-0.39, 0.29) is 5.78 Å². The second-order valence-electron chi connectivity index (χ2n) is 4.29. The molecule has 96 valence electrons. The van der Waals surface area contributed by atoms with Crippen molar-refractivity contribution in [1.29, 1.82) is 0 Å². The Morgan fingerprint density at radius 3 is 2.68 bits per heavy atom. The molecular weight excluding hydrogens is 242 g/mol. The van der Waals surface area contributed by atoms with Crippen molar-refractivity contribution in [3.63, 3.8) is 0 Å². The molecule has 1 aromatic carbocycles. The van der Waals surface area contributed by atoms with Crippen LogP contribution in [-0.4, -0.2) is 17.5 Å². The Hall–Kier alpha value is -2.49. The first-order chi connectivity index (χ1) is 9.06. The molecule has 0 aromatic heterocycles. The highest BCUT2D eigenvalue weighted by molar-refractivity contribution is 6.19. The van der Waals surface area contributed by atoms with E-state index in [1.54, 1.807) is 25.1 Å². The summed E-state index contributed by atoms with van der Waals surface area (Å²) in [5.41, 5.74) is 2.56. The zero-order valence-corrected chi connectivity index (χ0v) is 10.7. The predicted octanol–water partition coefficient (Wildman–Crippen LogP) is 2.59. The molecule has 2 rings (SSSR count). The van der Waals surface area contributed by atoms with Gasteiger partial charge in [-0.1, -0.05) is 22.9 Å². The number of carbonyl (C=O) groups excluding carboxylic acids is 2. The number of nitrogens with zero attached hydrogens (tertiary/aromatic N) is 1. The van der Waals surface area contributed by atoms with Crippen molar-refractivity contribution < 1.29 is 14.4 Å². The van der Waals surface area contributed by atoms with E-state index in [1.165, 1.54) is 18.2 Å². The minimum absolute atomic E-state index is 0.0959. The molecule has 0 saturated carbocycles. The molecule has 19 heavy (non-hydrogen) atoms. The van der Waals surface area contributed by atoms with Crippen molar-refractivity contribution in [3.8, 4) is 0 Å². The molecule has 1 aliphatic rings. The Morgan fingerprint density at radius 1 is 1.21 bits per heavy atom. The van der Waals surface area contributed by atoms with Crippen LogP contribution >= 0.6 is 0 Å². The van der Waals surface area contributed by atoms with Gasteiger partial charge >= 0.3 is 5.97 Å². The standard InChI is InChI=1S/C15H13NO3/c1-10-4-3-5-12(8-10)15(18)19-16-14-7-6-13(17)9-11(14)2/h3-9H,1-2H3/b16-14-. The predicted molar refractivity (Wildman–Crippen MR) is 71.9 cm³/mol. The quantitative estimate of drug-likeness (QED) is 0.463. The van der Waals surface area contributed by atoms with Crippen LogP contribution in [-0.2, 0) is 9.63 Å². The molecule has 0 aliphatic heterocycles. The number of allylic oxidation sites excluding steroid dienone is 4. The van der Waals surface area contributed by atoms with Crippen molar-refractivity contribution >= 4 is 17.5 Å². The average Bonchev–Trinajstić information content (AvgIpc) is 2.37. The van der Waals surface area contributed by atoms with E-state index >= 15 is 0 Å². The summed E-state index contributed by atoms with van der Waals surface area (Å²) >= 11 is 0. The minimum atomic E-state index is -0.519. The van der Waals surface area contributed by atoms with Gasteiger partial charge in [0.2, 0.25) is 0 Å². The van der Waals surface area contributed by atoms with Gasteiger partial charge in [-0.25, -0.2) is 4.79 Å². The summed E-state index contributed by atoms with van der Waals surface area (Å²) in [5.74, 6) is -0.615. The van der Waals surface area contributed by atoms with Crippen molar-refractivity contribution in [2.75, 3.05) is 0 Å². The van der Waals surface area contributed by atoms with Gasteiger partial charge in [0.15, 0.2) is 5.78 Å². The highest BCUT2D eigenvalue weighted by atomic mass is 16.7. The Morgan fingerprint density at radius 2 is 2.00 bits per heavy atom. The molecule has 4 nitrogen and oxygen atoms in total. The zero-order valence-electron chi connectivity index (χ0n) is 10.7. The SMILES string of the molecule is CC1=CC(=O)C=C/C1=N/OC(=O)c1cccc(C)c1. The fourth-order valence-corrected chi connectivity index (χ4v) is 1.65. The fraction of sp³-hybridized carbons (Fsp3) is 0.133. The molecule has 0 amide bonds. The molecule has 1 aromatic rings. The van der Waals surface area contributed by atoms with Crippen LogP contribution in [0.5, 0.6) is 0 Å². The highest BCUT2D eigenvalue weighted by Crippen LogP contribution is 2.09. The average molecular weight is 255 g/mol. The lowest BCUT2D eigenvalue weighted by atomic mass is 10.1. The number of oxime groups is 1. The summed E-state index contributed by atoms with van der Waals surface area (Å²) < 4.78 is 0. The lowest BCUT2D eigenvalue weighted by Crippen LogP contribution is -2.08. The lowest BCUT2D eigenvalue weighted by molar-refractivity contribution is -0.110. The summed E-state index contributed by atoms with van der Waals surface area (Å²) in [6.07, 6.45) is 4.35. The number of carbonyl (C=O) groups is 2. The van der Waals surface area contributed by atoms with Crippen LogP contribution in [0.1, 0.15) is 22.8 Å². The van der Waals surface area contributed by atoms with Crippen molar-refractivity contribution in [1.82, 2.24) is 0 Å². The molecule has 1 aliphatic carbocycles. The third kappa shape index (κ3) is 3.25. The van der Waals surface area contributed by atoms with Crippen LogP contribution in [0.15, 0.2) is 53.2 Å². The Bertz CT molecular complexity index is 624. The normalized spacial score (nSPS) is 16.4. The Balaban J connectivity index is 2.11. The summed E-state index contributed by atoms with van der Waals surface area (Å²) in [4.78, 5) is 27.7. The fourth-order valence-electron chi connectivity index (χ4n) is 1.65. The van der Waals surface area contributed by atoms with Crippen LogP contribution in [0.3, 0.4) is 0 Å². The molecule has 0 N–H and O–H groups in total. The third-order valence-electron chi connectivity index (χ3n) is 2.65. The first-order valence-electron chi connectivity index (χ1n) is 5.83. The van der Waals surface area contributed by atoms with E-state index in [0.717, 1.165) is 5.56 Å². The maximum atomic E-state index is 11.8. The second-order valence-corrected chi connectivity index (χ2v) is 4.29. The zero-order chi connectivity index (χ0) is 13.8. The summed E-state index contributed by atoms with van der Waals surface area (Å²) in [5, 5.41) is 3.76. The lowest BCUT2D eigenvalue weighted by Gasteiger charge is -2.05. The number of rotatable bonds is 2. The van der Waals surface area contributed by atoms with Gasteiger partial charge in [0, 0.05) is 0 Å². The number of ketones is 1. The van der Waals surface area contributed by atoms with Gasteiger partial charge in [-0.05, 0) is 49.8 Å². The summed E-state index contributed by atoms with van der Waals surface area (Å²) in [7, 11) is 0. The Labute approximate surface area is 111 Å². The highest BCUT2D eigenvalue weighted by Gasteiger charge is 2.10. The van der Waals surface area contributed by atoms with Crippen LogP contribution in [0.4, 0.5) is 0 Å². The van der Waals surface area contributed by atoms with Crippen LogP contribution in [0.25, 0.3) is 0 Å². The molecule has 0 spiro atoms. The van der Waals surface area contributed by atoms with E-state index in [9.17, 15) is 9.59 Å². The molecular formula is C15H13NO3. The summed E-state index contributed by atoms with van der Waals surface area (Å²) in [6.45, 7) is 3.63. The molecule has 0 radical (unpaired) electrons. The van der Waals surface area contributed by atoms with Crippen LogP contribution < -0.4 is 0 Å². The molecule has 4 heteroatoms. The number of hydrogen-bond acceptors (Lipinski definition) is 4. The largest absolute Gasteiger partial charge is 0.365 e. The van der Waals surface area contributed by atoms with Gasteiger partial charge in [0.25, 0.3) is 0 Å². The van der Waals surface area contributed by atoms with Crippen LogP contribution in [0.2, 0.25) is 0 Å². The van der Waals surface area contributed by atoms with Crippen molar-refractivity contribution in [2.24, 2.45) is 5.16 Å². The first kappa shape index (κ1) is 13.0. The smallest absolute Gasteiger partial charge is 0.312 e. The maximum absolute atomic E-state index is 11.8. The van der Waals surface area contributed by atoms with E-state index < -0.39 is 5.97 Å². The van der Waals surface area contributed by atoms with E-state index in [2.05, 4.69) is 5.16 Å². The number of aryl methyl sites for hydroxylation is 1. The van der Waals surface area contributed by atoms with Gasteiger partial charge in [0.05, 0.1) is 5.56 Å². The van der Waals surface area contributed by atoms with Crippen molar-refractivity contribution in [2.45, 2.75) is 13.8 Å². The molecule has 0 heterocycles. The third-order valence-corrected chi connectivity index (χ3v) is 2.65. The number of benzene rings is 1. The first-order valence-corrected chi connectivity index (χ1v) is 5.83. The monoisotopic (exact) mass is 255 g/mol. The van der Waals surface area contributed by atoms with Crippen molar-refractivity contribution in [3.05, 3.63) is 59.2 Å². The van der Waals surface area contributed by atoms with E-state index in [4.69, 9.17) is 4.84 Å². The van der Waals surface area contributed by atoms with Crippen LogP contribution in [0, 0.1) is 6.92 Å². The minimum Gasteiger partial charge on any atom is -0.312 e. The molecule has 0 atom stereocenters. The molecule has 0 bridgehead atoms. The van der Waals surface area contributed by atoms with Gasteiger partial charge in [-0.15, -0.1) is 0 Å². The Kier molecular flexibility index (Phi) is 3.71. The van der Waals surface area contributed by atoms with Gasteiger partial charge in [0.1, 0.15) is 5.71 Å². The molecule has 0 fully saturated rings. The number of hydrogen-bond donors (Lipinski definition) is 0. The summed E-state index contributed by atoms with van der Waals surface area (Å²) in [6, 6.07) is 7.07.